The van der Waals surface area contributed by atoms with Crippen molar-refractivity contribution in [2.45, 2.75) is 19.9 Å². The van der Waals surface area contributed by atoms with Gasteiger partial charge >= 0.3 is 12.0 Å². The topological polar surface area (TPSA) is 147 Å². The number of likely N-dealkylation sites (N-methyl/N-ethyl adjacent to an activating group) is 1. The number of rotatable bonds is 10. The van der Waals surface area contributed by atoms with Crippen LogP contribution in [0.1, 0.15) is 31.2 Å². The van der Waals surface area contributed by atoms with Crippen molar-refractivity contribution in [3.63, 3.8) is 0 Å². The first-order valence-corrected chi connectivity index (χ1v) is 12.9. The van der Waals surface area contributed by atoms with Crippen molar-refractivity contribution in [3.05, 3.63) is 52.9 Å². The quantitative estimate of drug-likeness (QED) is 0.227. The normalized spacial score (nSPS) is 17.9. The maximum Gasteiger partial charge on any atom is 0.338 e. The van der Waals surface area contributed by atoms with Crippen LogP contribution in [-0.2, 0) is 14.3 Å². The van der Waals surface area contributed by atoms with Gasteiger partial charge in [-0.1, -0.05) is 6.07 Å². The lowest BCUT2D eigenvalue weighted by Gasteiger charge is -2.32. The number of nitrogens with zero attached hydrogens (tertiary/aromatic N) is 3. The number of ether oxygens (including phenoxy) is 3. The number of carbonyl (C=O) groups is 3. The van der Waals surface area contributed by atoms with Crippen molar-refractivity contribution in [2.24, 2.45) is 5.10 Å². The summed E-state index contributed by atoms with van der Waals surface area (Å²) in [5, 5.41) is 9.27. The molecule has 3 amide bonds. The molecule has 1 atom stereocenters. The second-order valence-electron chi connectivity index (χ2n) is 9.25. The van der Waals surface area contributed by atoms with Gasteiger partial charge in [-0.3, -0.25) is 4.79 Å². The number of hydrazone groups is 1. The second kappa shape index (κ2) is 13.0. The number of allylic oxidation sites excluding steroid dienone is 1. The van der Waals surface area contributed by atoms with E-state index in [-0.39, 0.29) is 18.8 Å². The summed E-state index contributed by atoms with van der Waals surface area (Å²) in [7, 11) is 3.54. The molecule has 1 aromatic heterocycles. The van der Waals surface area contributed by atoms with Gasteiger partial charge in [-0.25, -0.2) is 15.0 Å². The molecule has 3 heterocycles. The fraction of sp³-hybridized carbons (Fsp3) is 0.407. The van der Waals surface area contributed by atoms with Crippen LogP contribution in [0.2, 0.25) is 0 Å². The molecule has 3 N–H and O–H groups in total. The Labute approximate surface area is 232 Å². The molecule has 2 aliphatic heterocycles. The highest BCUT2D eigenvalue weighted by Gasteiger charge is 2.32. The third kappa shape index (κ3) is 6.91. The number of carbonyl (C=O) groups excluding carboxylic acids is 3. The Morgan fingerprint density at radius 2 is 1.95 bits per heavy atom. The van der Waals surface area contributed by atoms with Crippen LogP contribution in [0.15, 0.2) is 51.1 Å². The van der Waals surface area contributed by atoms with Crippen molar-refractivity contribution in [1.82, 2.24) is 21.0 Å². The molecule has 40 heavy (non-hydrogen) atoms. The van der Waals surface area contributed by atoms with Crippen molar-refractivity contribution in [1.29, 1.82) is 0 Å². The average molecular weight is 555 g/mol. The van der Waals surface area contributed by atoms with Gasteiger partial charge in [-0.2, -0.15) is 5.10 Å². The van der Waals surface area contributed by atoms with Crippen molar-refractivity contribution in [3.8, 4) is 11.5 Å². The monoisotopic (exact) mass is 554 g/mol. The summed E-state index contributed by atoms with van der Waals surface area (Å²) in [4.78, 5) is 41.4. The molecule has 0 spiro atoms. The molecule has 2 aromatic rings. The smallest absolute Gasteiger partial charge is 0.338 e. The number of benzene rings is 1. The van der Waals surface area contributed by atoms with Gasteiger partial charge < -0.3 is 39.1 Å². The number of hydrogen-bond acceptors (Lipinski definition) is 10. The molecular weight excluding hydrogens is 520 g/mol. The van der Waals surface area contributed by atoms with E-state index >= 15 is 0 Å². The Bertz CT molecular complexity index is 1300. The maximum absolute atomic E-state index is 12.6. The predicted molar refractivity (Wildman–Crippen MR) is 146 cm³/mol. The number of furan rings is 1. The summed E-state index contributed by atoms with van der Waals surface area (Å²) in [6.45, 7) is 6.90. The first-order chi connectivity index (χ1) is 19.3. The molecule has 0 aliphatic carbocycles. The van der Waals surface area contributed by atoms with E-state index in [1.54, 1.807) is 38.1 Å². The highest BCUT2D eigenvalue weighted by Crippen LogP contribution is 2.34. The van der Waals surface area contributed by atoms with Gasteiger partial charge in [0.1, 0.15) is 5.76 Å². The number of urea groups is 1. The van der Waals surface area contributed by atoms with Crippen LogP contribution in [0.25, 0.3) is 0 Å². The minimum atomic E-state index is -0.758. The summed E-state index contributed by atoms with van der Waals surface area (Å²) >= 11 is 0. The SMILES string of the molecule is CCOC(=O)C1=C(C)NC(=O)N[C@H]1c1ccc(OCC(=O)N/N=C\c2ccc(N3CCN(C)CC3)o2)c(OC)c1. The Hall–Kier alpha value is -4.52. The lowest BCUT2D eigenvalue weighted by Crippen LogP contribution is -2.45. The number of hydrogen-bond donors (Lipinski definition) is 3. The first-order valence-electron chi connectivity index (χ1n) is 12.9. The van der Waals surface area contributed by atoms with Gasteiger partial charge in [-0.05, 0) is 44.7 Å². The Morgan fingerprint density at radius 1 is 1.18 bits per heavy atom. The van der Waals surface area contributed by atoms with Crippen LogP contribution >= 0.6 is 0 Å². The molecule has 1 fully saturated rings. The summed E-state index contributed by atoms with van der Waals surface area (Å²) in [5.41, 5.74) is 3.66. The standard InChI is InChI=1S/C27H34N6O7/c1-5-38-26(35)24-17(2)29-27(36)30-25(24)18-6-8-20(21(14-18)37-4)39-16-22(34)31-28-15-19-7-9-23(40-19)33-12-10-32(3)11-13-33/h6-9,14-15,25H,5,10-13,16H2,1-4H3,(H,31,34)(H2,29,30,36)/b28-15-/t25-/m0/s1. The summed E-state index contributed by atoms with van der Waals surface area (Å²) in [6.07, 6.45) is 1.43. The molecule has 13 nitrogen and oxygen atoms in total. The van der Waals surface area contributed by atoms with E-state index in [9.17, 15) is 14.4 Å². The summed E-state index contributed by atoms with van der Waals surface area (Å²) in [5.74, 6) is 0.871. The lowest BCUT2D eigenvalue weighted by atomic mass is 9.95. The zero-order chi connectivity index (χ0) is 28.6. The molecule has 1 aromatic carbocycles. The van der Waals surface area contributed by atoms with E-state index in [0.29, 0.717) is 28.5 Å². The number of anilines is 1. The van der Waals surface area contributed by atoms with E-state index in [4.69, 9.17) is 18.6 Å². The van der Waals surface area contributed by atoms with Crippen LogP contribution in [-0.4, -0.2) is 82.6 Å². The van der Waals surface area contributed by atoms with Crippen LogP contribution in [0.4, 0.5) is 10.7 Å². The molecular formula is C27H34N6O7. The van der Waals surface area contributed by atoms with E-state index in [1.165, 1.54) is 13.3 Å². The number of piperazine rings is 1. The molecule has 13 heteroatoms. The number of methoxy groups -OCH3 is 1. The predicted octanol–water partition coefficient (Wildman–Crippen LogP) is 1.76. The third-order valence-corrected chi connectivity index (χ3v) is 6.45. The van der Waals surface area contributed by atoms with Gasteiger partial charge in [0.15, 0.2) is 24.0 Å². The number of nitrogens with one attached hydrogen (secondary N) is 3. The van der Waals surface area contributed by atoms with Gasteiger partial charge in [0, 0.05) is 37.9 Å². The van der Waals surface area contributed by atoms with Gasteiger partial charge in [0.05, 0.1) is 31.5 Å². The Kier molecular flexibility index (Phi) is 9.27. The molecule has 214 valence electrons. The van der Waals surface area contributed by atoms with Crippen LogP contribution in [0.5, 0.6) is 11.5 Å². The largest absolute Gasteiger partial charge is 0.493 e. The van der Waals surface area contributed by atoms with Crippen LogP contribution in [0, 0.1) is 0 Å². The molecule has 1 saturated heterocycles. The van der Waals surface area contributed by atoms with Crippen molar-refractivity contribution in [2.75, 3.05) is 58.5 Å². The minimum absolute atomic E-state index is 0.192. The summed E-state index contributed by atoms with van der Waals surface area (Å²) in [6, 6.07) is 7.37. The molecule has 0 saturated carbocycles. The summed E-state index contributed by atoms with van der Waals surface area (Å²) < 4.78 is 22.0. The minimum Gasteiger partial charge on any atom is -0.493 e. The lowest BCUT2D eigenvalue weighted by molar-refractivity contribution is -0.139. The van der Waals surface area contributed by atoms with Gasteiger partial charge in [0.2, 0.25) is 0 Å². The molecule has 4 rings (SSSR count). The van der Waals surface area contributed by atoms with Crippen LogP contribution < -0.4 is 30.4 Å². The molecule has 0 radical (unpaired) electrons. The fourth-order valence-electron chi connectivity index (χ4n) is 4.36. The maximum atomic E-state index is 12.6. The Morgan fingerprint density at radius 3 is 2.67 bits per heavy atom. The highest BCUT2D eigenvalue weighted by atomic mass is 16.5. The van der Waals surface area contributed by atoms with E-state index in [0.717, 1.165) is 32.1 Å². The van der Waals surface area contributed by atoms with E-state index in [1.807, 2.05) is 6.07 Å². The zero-order valence-corrected chi connectivity index (χ0v) is 23.0. The average Bonchev–Trinajstić information content (AvgIpc) is 3.40. The molecule has 0 unspecified atom stereocenters. The van der Waals surface area contributed by atoms with Gasteiger partial charge in [-0.15, -0.1) is 0 Å². The first kappa shape index (κ1) is 28.5. The van der Waals surface area contributed by atoms with Gasteiger partial charge in [0.25, 0.3) is 5.91 Å². The number of amides is 3. The van der Waals surface area contributed by atoms with Crippen molar-refractivity contribution < 1.29 is 33.0 Å². The Balaban J connectivity index is 1.35. The zero-order valence-electron chi connectivity index (χ0n) is 23.0. The highest BCUT2D eigenvalue weighted by molar-refractivity contribution is 5.95. The van der Waals surface area contributed by atoms with E-state index in [2.05, 4.69) is 38.0 Å². The fourth-order valence-corrected chi connectivity index (χ4v) is 4.36. The van der Waals surface area contributed by atoms with E-state index < -0.39 is 23.9 Å². The number of esters is 1. The molecule has 0 bridgehead atoms. The van der Waals surface area contributed by atoms with Crippen LogP contribution in [0.3, 0.4) is 0 Å². The van der Waals surface area contributed by atoms with Crippen molar-refractivity contribution >= 4 is 30.0 Å². The third-order valence-electron chi connectivity index (χ3n) is 6.45. The second-order valence-corrected chi connectivity index (χ2v) is 9.25. The molecule has 2 aliphatic rings.